The molecule has 2 amide bonds. The first-order chi connectivity index (χ1) is 13.7. The van der Waals surface area contributed by atoms with E-state index in [1.54, 1.807) is 24.5 Å². The quantitative estimate of drug-likeness (QED) is 0.758. The van der Waals surface area contributed by atoms with Crippen LogP contribution in [-0.2, 0) is 0 Å². The van der Waals surface area contributed by atoms with Crippen LogP contribution in [0.15, 0.2) is 42.7 Å². The van der Waals surface area contributed by atoms with E-state index in [4.69, 9.17) is 0 Å². The standard InChI is InChI=1S/C21H23N5O2/c27-19-17-4-1-2-5-18(17)20(28)26(19)13-15-6-7-16-14-25(11-10-24(16)12-15)21-22-8-3-9-23-21/h1-5,8-9,15-16H,6-7,10-14H2. The van der Waals surface area contributed by atoms with Gasteiger partial charge in [0.2, 0.25) is 5.95 Å². The molecule has 1 aromatic heterocycles. The van der Waals surface area contributed by atoms with Gasteiger partial charge in [-0.1, -0.05) is 12.1 Å². The third-order valence-electron chi connectivity index (χ3n) is 6.16. The molecule has 5 rings (SSSR count). The first-order valence-corrected chi connectivity index (χ1v) is 9.92. The monoisotopic (exact) mass is 377 g/mol. The molecule has 0 aliphatic carbocycles. The Morgan fingerprint density at radius 3 is 2.32 bits per heavy atom. The van der Waals surface area contributed by atoms with Gasteiger partial charge in [0.1, 0.15) is 0 Å². The van der Waals surface area contributed by atoms with Gasteiger partial charge in [-0.3, -0.25) is 19.4 Å². The number of hydrogen-bond acceptors (Lipinski definition) is 6. The summed E-state index contributed by atoms with van der Waals surface area (Å²) < 4.78 is 0. The van der Waals surface area contributed by atoms with E-state index in [0.29, 0.717) is 29.6 Å². The summed E-state index contributed by atoms with van der Waals surface area (Å²) in [5.41, 5.74) is 1.08. The van der Waals surface area contributed by atoms with E-state index in [0.717, 1.165) is 45.0 Å². The topological polar surface area (TPSA) is 69.6 Å². The zero-order valence-electron chi connectivity index (χ0n) is 15.7. The Kier molecular flexibility index (Phi) is 4.31. The third kappa shape index (κ3) is 2.96. The number of anilines is 1. The SMILES string of the molecule is O=C1c2ccccc2C(=O)N1CC1CCC2CN(c3ncccn3)CCN2C1. The Balaban J connectivity index is 1.22. The molecule has 3 aliphatic heterocycles. The van der Waals surface area contributed by atoms with Crippen LogP contribution >= 0.6 is 0 Å². The fourth-order valence-electron chi connectivity index (χ4n) is 4.71. The molecule has 0 radical (unpaired) electrons. The van der Waals surface area contributed by atoms with Crippen LogP contribution in [-0.4, -0.2) is 70.3 Å². The van der Waals surface area contributed by atoms with Crippen molar-refractivity contribution >= 4 is 17.8 Å². The molecule has 144 valence electrons. The lowest BCUT2D eigenvalue weighted by molar-refractivity contribution is 0.0520. The summed E-state index contributed by atoms with van der Waals surface area (Å²) in [4.78, 5) is 40.2. The van der Waals surface area contributed by atoms with Crippen LogP contribution in [0.2, 0.25) is 0 Å². The van der Waals surface area contributed by atoms with Gasteiger partial charge in [-0.05, 0) is 37.0 Å². The Morgan fingerprint density at radius 2 is 1.61 bits per heavy atom. The Hall–Kier alpha value is -2.80. The van der Waals surface area contributed by atoms with Crippen LogP contribution in [0.25, 0.3) is 0 Å². The largest absolute Gasteiger partial charge is 0.338 e. The number of piperazine rings is 1. The number of imide groups is 1. The molecule has 7 heteroatoms. The van der Waals surface area contributed by atoms with Crippen molar-refractivity contribution in [1.29, 1.82) is 0 Å². The number of rotatable bonds is 3. The number of nitrogens with zero attached hydrogens (tertiary/aromatic N) is 5. The maximum Gasteiger partial charge on any atom is 0.261 e. The van der Waals surface area contributed by atoms with Gasteiger partial charge in [0.05, 0.1) is 11.1 Å². The summed E-state index contributed by atoms with van der Waals surface area (Å²) in [5, 5.41) is 0. The summed E-state index contributed by atoms with van der Waals surface area (Å²) in [7, 11) is 0. The molecule has 2 fully saturated rings. The molecule has 7 nitrogen and oxygen atoms in total. The number of fused-ring (bicyclic) bond motifs is 2. The van der Waals surface area contributed by atoms with Crippen molar-refractivity contribution in [2.45, 2.75) is 18.9 Å². The van der Waals surface area contributed by atoms with E-state index in [1.165, 1.54) is 4.90 Å². The molecule has 2 saturated heterocycles. The lowest BCUT2D eigenvalue weighted by Gasteiger charge is -2.46. The minimum atomic E-state index is -0.145. The van der Waals surface area contributed by atoms with Gasteiger partial charge in [0.25, 0.3) is 11.8 Å². The number of benzene rings is 1. The lowest BCUT2D eigenvalue weighted by Crippen LogP contribution is -2.57. The van der Waals surface area contributed by atoms with Crippen LogP contribution < -0.4 is 4.90 Å². The molecule has 28 heavy (non-hydrogen) atoms. The molecule has 0 bridgehead atoms. The minimum Gasteiger partial charge on any atom is -0.338 e. The minimum absolute atomic E-state index is 0.145. The summed E-state index contributed by atoms with van der Waals surface area (Å²) in [6, 6.07) is 9.44. The van der Waals surface area contributed by atoms with Crippen molar-refractivity contribution in [1.82, 2.24) is 19.8 Å². The van der Waals surface area contributed by atoms with Crippen LogP contribution in [0.5, 0.6) is 0 Å². The van der Waals surface area contributed by atoms with Crippen molar-refractivity contribution in [2.75, 3.05) is 37.6 Å². The second-order valence-electron chi connectivity index (χ2n) is 7.85. The highest BCUT2D eigenvalue weighted by atomic mass is 16.2. The highest BCUT2D eigenvalue weighted by molar-refractivity contribution is 6.21. The molecule has 2 unspecified atom stereocenters. The lowest BCUT2D eigenvalue weighted by atomic mass is 9.90. The van der Waals surface area contributed by atoms with Gasteiger partial charge in [0, 0.05) is 51.2 Å². The molecule has 4 heterocycles. The van der Waals surface area contributed by atoms with Gasteiger partial charge < -0.3 is 4.90 Å². The molecular weight excluding hydrogens is 354 g/mol. The number of piperidine rings is 1. The molecule has 0 N–H and O–H groups in total. The van der Waals surface area contributed by atoms with E-state index < -0.39 is 0 Å². The molecule has 3 aliphatic rings. The Labute approximate surface area is 164 Å². The summed E-state index contributed by atoms with van der Waals surface area (Å²) in [6.07, 6.45) is 5.66. The number of carbonyl (C=O) groups excluding carboxylic acids is 2. The fraction of sp³-hybridized carbons (Fsp3) is 0.429. The zero-order chi connectivity index (χ0) is 19.1. The number of hydrogen-bond donors (Lipinski definition) is 0. The first kappa shape index (κ1) is 17.3. The molecule has 2 aromatic rings. The average molecular weight is 377 g/mol. The average Bonchev–Trinajstić information content (AvgIpc) is 2.99. The van der Waals surface area contributed by atoms with E-state index in [-0.39, 0.29) is 11.8 Å². The van der Waals surface area contributed by atoms with Crippen molar-refractivity contribution in [3.63, 3.8) is 0 Å². The molecule has 1 aromatic carbocycles. The highest BCUT2D eigenvalue weighted by Crippen LogP contribution is 2.29. The third-order valence-corrected chi connectivity index (χ3v) is 6.16. The van der Waals surface area contributed by atoms with E-state index in [1.807, 2.05) is 18.2 Å². The smallest absolute Gasteiger partial charge is 0.261 e. The summed E-state index contributed by atoms with van der Waals surface area (Å²) in [5.74, 6) is 0.843. The first-order valence-electron chi connectivity index (χ1n) is 9.92. The molecule has 0 spiro atoms. The molecule has 2 atom stereocenters. The van der Waals surface area contributed by atoms with Gasteiger partial charge in [-0.15, -0.1) is 0 Å². The Morgan fingerprint density at radius 1 is 0.893 bits per heavy atom. The van der Waals surface area contributed by atoms with Crippen LogP contribution in [0, 0.1) is 5.92 Å². The maximum absolute atomic E-state index is 12.6. The normalized spacial score (nSPS) is 25.0. The number of amides is 2. The van der Waals surface area contributed by atoms with E-state index in [9.17, 15) is 9.59 Å². The van der Waals surface area contributed by atoms with Gasteiger partial charge in [-0.25, -0.2) is 9.97 Å². The van der Waals surface area contributed by atoms with Crippen LogP contribution in [0.1, 0.15) is 33.6 Å². The maximum atomic E-state index is 12.6. The molecule has 0 saturated carbocycles. The fourth-order valence-corrected chi connectivity index (χ4v) is 4.71. The van der Waals surface area contributed by atoms with Gasteiger partial charge in [0.15, 0.2) is 0 Å². The van der Waals surface area contributed by atoms with Gasteiger partial charge in [-0.2, -0.15) is 0 Å². The van der Waals surface area contributed by atoms with Gasteiger partial charge >= 0.3 is 0 Å². The molecular formula is C21H23N5O2. The zero-order valence-corrected chi connectivity index (χ0v) is 15.7. The van der Waals surface area contributed by atoms with Crippen molar-refractivity contribution < 1.29 is 9.59 Å². The number of carbonyl (C=O) groups is 2. The highest BCUT2D eigenvalue weighted by Gasteiger charge is 2.39. The van der Waals surface area contributed by atoms with Crippen molar-refractivity contribution in [2.24, 2.45) is 5.92 Å². The predicted molar refractivity (Wildman–Crippen MR) is 104 cm³/mol. The van der Waals surface area contributed by atoms with E-state index in [2.05, 4.69) is 19.8 Å². The second kappa shape index (κ2) is 6.98. The second-order valence-corrected chi connectivity index (χ2v) is 7.85. The van der Waals surface area contributed by atoms with Crippen molar-refractivity contribution in [3.8, 4) is 0 Å². The number of aromatic nitrogens is 2. The van der Waals surface area contributed by atoms with Crippen LogP contribution in [0.3, 0.4) is 0 Å². The van der Waals surface area contributed by atoms with Crippen molar-refractivity contribution in [3.05, 3.63) is 53.9 Å². The Bertz CT molecular complexity index is 868. The predicted octanol–water partition coefficient (Wildman–Crippen LogP) is 1.67. The van der Waals surface area contributed by atoms with Crippen LogP contribution in [0.4, 0.5) is 5.95 Å². The summed E-state index contributed by atoms with van der Waals surface area (Å²) >= 11 is 0. The van der Waals surface area contributed by atoms with E-state index >= 15 is 0 Å². The summed E-state index contributed by atoms with van der Waals surface area (Å²) in [6.45, 7) is 4.24.